The lowest BCUT2D eigenvalue weighted by Gasteiger charge is -2.44. The lowest BCUT2D eigenvalue weighted by molar-refractivity contribution is -0.0311. The molecule has 1 amide bonds. The summed E-state index contributed by atoms with van der Waals surface area (Å²) in [5.74, 6) is -1.09. The van der Waals surface area contributed by atoms with Crippen LogP contribution in [0.1, 0.15) is 28.8 Å². The average molecular weight is 398 g/mol. The molecule has 1 atom stereocenters. The summed E-state index contributed by atoms with van der Waals surface area (Å²) in [5.41, 5.74) is 1.30. The van der Waals surface area contributed by atoms with E-state index in [1.165, 1.54) is 29.2 Å². The zero-order valence-corrected chi connectivity index (χ0v) is 16.0. The number of carboxylic acids is 1. The van der Waals surface area contributed by atoms with Gasteiger partial charge in [-0.25, -0.2) is 14.0 Å². The van der Waals surface area contributed by atoms with Crippen molar-refractivity contribution in [2.24, 2.45) is 5.92 Å². The number of piperidine rings is 3. The van der Waals surface area contributed by atoms with Gasteiger partial charge < -0.3 is 9.84 Å². The van der Waals surface area contributed by atoms with Crippen molar-refractivity contribution in [3.05, 3.63) is 65.5 Å². The fourth-order valence-corrected chi connectivity index (χ4v) is 4.08. The maximum atomic E-state index is 13.8. The Morgan fingerprint density at radius 1 is 1.14 bits per heavy atom. The van der Waals surface area contributed by atoms with Crippen LogP contribution in [0.25, 0.3) is 0 Å². The number of aromatic carboxylic acids is 1. The maximum Gasteiger partial charge on any atom is 0.414 e. The Bertz CT molecular complexity index is 894. The highest BCUT2D eigenvalue weighted by molar-refractivity contribution is 5.88. The van der Waals surface area contributed by atoms with E-state index in [4.69, 9.17) is 9.84 Å². The van der Waals surface area contributed by atoms with Crippen LogP contribution in [0.15, 0.2) is 48.5 Å². The van der Waals surface area contributed by atoms with Crippen LogP contribution in [-0.2, 0) is 11.3 Å². The van der Waals surface area contributed by atoms with Gasteiger partial charge in [-0.1, -0.05) is 18.2 Å². The van der Waals surface area contributed by atoms with Crippen LogP contribution < -0.4 is 4.90 Å². The minimum atomic E-state index is -1.01. The summed E-state index contributed by atoms with van der Waals surface area (Å²) in [6.45, 7) is 2.98. The summed E-state index contributed by atoms with van der Waals surface area (Å²) >= 11 is 0. The number of rotatable bonds is 5. The molecule has 29 heavy (non-hydrogen) atoms. The first-order valence-corrected chi connectivity index (χ1v) is 9.78. The largest absolute Gasteiger partial charge is 0.478 e. The van der Waals surface area contributed by atoms with Crippen LogP contribution in [0, 0.1) is 11.7 Å². The van der Waals surface area contributed by atoms with Crippen LogP contribution in [0.4, 0.5) is 14.9 Å². The first-order valence-electron chi connectivity index (χ1n) is 9.78. The molecule has 3 saturated heterocycles. The fraction of sp³-hybridized carbons (Fsp3) is 0.364. The highest BCUT2D eigenvalue weighted by atomic mass is 19.1. The second kappa shape index (κ2) is 8.21. The Balaban J connectivity index is 1.54. The highest BCUT2D eigenvalue weighted by Crippen LogP contribution is 2.30. The molecule has 0 radical (unpaired) electrons. The summed E-state index contributed by atoms with van der Waals surface area (Å²) in [6, 6.07) is 12.1. The molecule has 5 rings (SSSR count). The Morgan fingerprint density at radius 3 is 2.45 bits per heavy atom. The van der Waals surface area contributed by atoms with Crippen LogP contribution >= 0.6 is 0 Å². The second-order valence-electron chi connectivity index (χ2n) is 7.63. The van der Waals surface area contributed by atoms with Gasteiger partial charge in [-0.15, -0.1) is 0 Å². The Labute approximate surface area is 168 Å². The van der Waals surface area contributed by atoms with E-state index < -0.39 is 17.9 Å². The van der Waals surface area contributed by atoms with Crippen molar-refractivity contribution < 1.29 is 23.8 Å². The summed E-state index contributed by atoms with van der Waals surface area (Å²) in [7, 11) is 0. The van der Waals surface area contributed by atoms with Gasteiger partial charge >= 0.3 is 12.1 Å². The van der Waals surface area contributed by atoms with Gasteiger partial charge in [-0.3, -0.25) is 9.80 Å². The molecule has 0 aromatic heterocycles. The monoisotopic (exact) mass is 398 g/mol. The van der Waals surface area contributed by atoms with Gasteiger partial charge in [0, 0.05) is 6.54 Å². The molecule has 0 spiro atoms. The van der Waals surface area contributed by atoms with E-state index in [0.29, 0.717) is 11.6 Å². The van der Waals surface area contributed by atoms with E-state index in [1.54, 1.807) is 24.3 Å². The minimum Gasteiger partial charge on any atom is -0.478 e. The fourth-order valence-electron chi connectivity index (χ4n) is 4.08. The molecule has 3 aliphatic heterocycles. The number of halogens is 1. The molecule has 1 N–H and O–H groups in total. The zero-order valence-electron chi connectivity index (χ0n) is 16.0. The van der Waals surface area contributed by atoms with Gasteiger partial charge in [0.15, 0.2) is 0 Å². The Hall–Kier alpha value is -2.93. The smallest absolute Gasteiger partial charge is 0.414 e. The number of carboxylic acid groups (broad SMARTS) is 1. The third kappa shape index (κ3) is 4.40. The minimum absolute atomic E-state index is 0.156. The summed E-state index contributed by atoms with van der Waals surface area (Å²) in [4.78, 5) is 27.8. The molecule has 2 bridgehead atoms. The van der Waals surface area contributed by atoms with E-state index in [-0.39, 0.29) is 18.2 Å². The Morgan fingerprint density at radius 2 is 1.86 bits per heavy atom. The number of amides is 1. The predicted molar refractivity (Wildman–Crippen MR) is 105 cm³/mol. The number of benzene rings is 2. The van der Waals surface area contributed by atoms with Crippen molar-refractivity contribution in [1.29, 1.82) is 0 Å². The lowest BCUT2D eigenvalue weighted by atomic mass is 9.86. The summed E-state index contributed by atoms with van der Waals surface area (Å²) in [5, 5.41) is 9.06. The van der Waals surface area contributed by atoms with Gasteiger partial charge in [-0.2, -0.15) is 0 Å². The van der Waals surface area contributed by atoms with Crippen molar-refractivity contribution in [3.63, 3.8) is 0 Å². The van der Waals surface area contributed by atoms with E-state index in [1.807, 2.05) is 0 Å². The van der Waals surface area contributed by atoms with Crippen LogP contribution in [0.5, 0.6) is 0 Å². The van der Waals surface area contributed by atoms with E-state index in [9.17, 15) is 14.0 Å². The molecular formula is C22H23FN2O4. The molecule has 2 aromatic carbocycles. The number of nitrogens with zero attached hydrogens (tertiary/aromatic N) is 2. The molecule has 3 heterocycles. The molecule has 0 unspecified atom stereocenters. The third-order valence-electron chi connectivity index (χ3n) is 5.73. The average Bonchev–Trinajstić information content (AvgIpc) is 2.73. The number of hydrogen-bond acceptors (Lipinski definition) is 4. The molecule has 3 aliphatic rings. The quantitative estimate of drug-likeness (QED) is 0.831. The summed E-state index contributed by atoms with van der Waals surface area (Å²) < 4.78 is 19.6. The predicted octanol–water partition coefficient (Wildman–Crippen LogP) is 3.76. The number of fused-ring (bicyclic) bond motifs is 3. The second-order valence-corrected chi connectivity index (χ2v) is 7.63. The van der Waals surface area contributed by atoms with Crippen LogP contribution in [-0.4, -0.2) is 47.8 Å². The maximum absolute atomic E-state index is 13.8. The van der Waals surface area contributed by atoms with Gasteiger partial charge in [-0.05, 0) is 67.7 Å². The van der Waals surface area contributed by atoms with E-state index >= 15 is 0 Å². The molecular weight excluding hydrogens is 375 g/mol. The SMILES string of the molecule is O=C(O)c1ccc(CN(C(=O)O[C@H]2CN3CCC2CC3)c2cccc(F)c2)cc1. The van der Waals surface area contributed by atoms with Crippen LogP contribution in [0.2, 0.25) is 0 Å². The van der Waals surface area contributed by atoms with Gasteiger partial charge in [0.25, 0.3) is 0 Å². The van der Waals surface area contributed by atoms with Crippen molar-refractivity contribution >= 4 is 17.7 Å². The standard InChI is InChI=1S/C22H23FN2O4/c23-18-2-1-3-19(12-18)25(13-15-4-6-17(7-5-15)21(26)27)22(28)29-20-14-24-10-8-16(20)9-11-24/h1-7,12,16,20H,8-11,13-14H2,(H,26,27)/t20-/m0/s1. The molecule has 152 valence electrons. The van der Waals surface area contributed by atoms with E-state index in [2.05, 4.69) is 4.90 Å². The van der Waals surface area contributed by atoms with Crippen LogP contribution in [0.3, 0.4) is 0 Å². The normalized spacial score (nSPS) is 22.9. The first kappa shape index (κ1) is 19.4. The molecule has 7 heteroatoms. The van der Waals surface area contributed by atoms with Crippen molar-refractivity contribution in [2.75, 3.05) is 24.5 Å². The zero-order chi connectivity index (χ0) is 20.4. The lowest BCUT2D eigenvalue weighted by Crippen LogP contribution is -2.53. The van der Waals surface area contributed by atoms with Crippen molar-refractivity contribution in [1.82, 2.24) is 4.90 Å². The first-order chi connectivity index (χ1) is 14.0. The molecule has 2 aromatic rings. The number of hydrogen-bond donors (Lipinski definition) is 1. The molecule has 0 saturated carbocycles. The van der Waals surface area contributed by atoms with Crippen molar-refractivity contribution in [3.8, 4) is 0 Å². The topological polar surface area (TPSA) is 70.1 Å². The Kier molecular flexibility index (Phi) is 5.49. The molecule has 3 fully saturated rings. The molecule has 6 nitrogen and oxygen atoms in total. The van der Waals surface area contributed by atoms with Gasteiger partial charge in [0.2, 0.25) is 0 Å². The van der Waals surface area contributed by atoms with E-state index in [0.717, 1.165) is 38.0 Å². The number of carbonyl (C=O) groups is 2. The summed E-state index contributed by atoms with van der Waals surface area (Å²) in [6.07, 6.45) is 1.37. The number of ether oxygens (including phenoxy) is 1. The number of carbonyl (C=O) groups excluding carboxylic acids is 1. The van der Waals surface area contributed by atoms with Crippen molar-refractivity contribution in [2.45, 2.75) is 25.5 Å². The molecule has 0 aliphatic carbocycles. The number of anilines is 1. The highest BCUT2D eigenvalue weighted by Gasteiger charge is 2.37. The van der Waals surface area contributed by atoms with Gasteiger partial charge in [0.05, 0.1) is 17.8 Å². The van der Waals surface area contributed by atoms with Gasteiger partial charge in [0.1, 0.15) is 11.9 Å². The third-order valence-corrected chi connectivity index (χ3v) is 5.73.